The summed E-state index contributed by atoms with van der Waals surface area (Å²) in [4.78, 5) is 65.1. The molecule has 0 aromatic heterocycles. The van der Waals surface area contributed by atoms with E-state index in [0.29, 0.717) is 12.8 Å². The standard InChI is InChI=1S/C34H50O12.2ClH.2H3N.Pt/c1-9-12-13-14-15-17-24(37)43-28-26-25(20(5)27(28)44-30(38)19(4)11-3)29-34(41,33(8,40)31(39)45-29)22(42-23(36)16-10-2)18-32(26,7)46-21(6)35;;;;;/h11,22,26-29,40-41H,9-10,12-18H2,1-8H3;2*1H;2*1H3;/q;;;;;+2/p-2/b19-11-;;;;;/t22-,26+,27-,28-,29-,32-,33+,34+;;;;;/m0...../s1. The van der Waals surface area contributed by atoms with Crippen molar-refractivity contribution < 1.29 is 74.4 Å². The number of ether oxygens (including phenoxy) is 5. The average Bonchev–Trinajstić information content (AvgIpc) is 3.35. The molecule has 0 spiro atoms. The Morgan fingerprint density at radius 1 is 0.941 bits per heavy atom. The van der Waals surface area contributed by atoms with Crippen molar-refractivity contribution in [2.24, 2.45) is 5.92 Å². The summed E-state index contributed by atoms with van der Waals surface area (Å²) >= 11 is -0.472. The van der Waals surface area contributed by atoms with Gasteiger partial charge in [-0.1, -0.05) is 45.6 Å². The Bertz CT molecular complexity index is 1310. The van der Waals surface area contributed by atoms with E-state index >= 15 is 0 Å². The number of fused-ring (bicyclic) bond motifs is 3. The molecule has 3 rings (SSSR count). The van der Waals surface area contributed by atoms with Gasteiger partial charge in [0.15, 0.2) is 29.5 Å². The molecule has 0 unspecified atom stereocenters. The summed E-state index contributed by atoms with van der Waals surface area (Å²) in [5.41, 5.74) is -6.12. The molecule has 2 aliphatic carbocycles. The normalized spacial score (nSPS) is 30.9. The summed E-state index contributed by atoms with van der Waals surface area (Å²) in [5.74, 6) is -5.03. The van der Waals surface area contributed by atoms with Gasteiger partial charge >= 0.3 is 65.2 Å². The molecule has 1 saturated heterocycles. The number of allylic oxidation sites excluding steroid dienone is 1. The molecular formula is C34H56Cl2N2O12Pt. The minimum absolute atomic E-state index is 0. The third-order valence-electron chi connectivity index (χ3n) is 9.51. The second-order valence-corrected chi connectivity index (χ2v) is 16.4. The van der Waals surface area contributed by atoms with Gasteiger partial charge < -0.3 is 46.2 Å². The number of halogens is 2. The van der Waals surface area contributed by atoms with Gasteiger partial charge in [-0.15, -0.1) is 0 Å². The van der Waals surface area contributed by atoms with Crippen LogP contribution < -0.4 is 12.3 Å². The molecule has 0 bridgehead atoms. The summed E-state index contributed by atoms with van der Waals surface area (Å²) in [7, 11) is 9.75. The molecule has 1 aliphatic heterocycles. The molecule has 17 heteroatoms. The van der Waals surface area contributed by atoms with Crippen molar-refractivity contribution in [1.82, 2.24) is 12.3 Å². The van der Waals surface area contributed by atoms with Gasteiger partial charge in [0.2, 0.25) is 0 Å². The van der Waals surface area contributed by atoms with Crippen LogP contribution in [0.5, 0.6) is 0 Å². The fourth-order valence-corrected chi connectivity index (χ4v) is 6.90. The topological polar surface area (TPSA) is 242 Å². The summed E-state index contributed by atoms with van der Waals surface area (Å²) in [6.45, 7) is 12.4. The fourth-order valence-electron chi connectivity index (χ4n) is 6.90. The van der Waals surface area contributed by atoms with Crippen molar-refractivity contribution in [3.05, 3.63) is 22.8 Å². The quantitative estimate of drug-likeness (QED) is 0.0576. The number of carbonyl (C=O) groups excluding carboxylic acids is 5. The molecule has 1 heterocycles. The number of hydrogen-bond acceptors (Lipinski definition) is 14. The number of aliphatic hydroxyl groups is 2. The fraction of sp³-hybridized carbons (Fsp3) is 0.735. The number of esters is 5. The molecule has 51 heavy (non-hydrogen) atoms. The first-order valence-corrected chi connectivity index (χ1v) is 22.2. The molecule has 8 N–H and O–H groups in total. The summed E-state index contributed by atoms with van der Waals surface area (Å²) in [5, 5.41) is 23.9. The number of rotatable bonds is 13. The zero-order chi connectivity index (χ0) is 37.3. The van der Waals surface area contributed by atoms with Gasteiger partial charge in [0.05, 0.1) is 5.92 Å². The molecule has 298 valence electrons. The SMILES string of the molecule is C/C=C(/C)C(=O)O[C@H]1C(C)=C2[C@H]([C@@H]1OC(=O)CCCCCCC)[C@@](C)(OC(C)=O)C[C@H](OC(=O)CCC)[C@@]1(O)[C@H]2OC(=O)[C@@]1(C)O.N.N.[Cl][Pt][Cl]. The van der Waals surface area contributed by atoms with Crippen molar-refractivity contribution in [2.45, 2.75) is 154 Å². The van der Waals surface area contributed by atoms with Gasteiger partial charge in [-0.2, -0.15) is 0 Å². The van der Waals surface area contributed by atoms with E-state index in [9.17, 15) is 34.2 Å². The number of carbonyl (C=O) groups is 5. The van der Waals surface area contributed by atoms with Crippen molar-refractivity contribution in [1.29, 1.82) is 0 Å². The summed E-state index contributed by atoms with van der Waals surface area (Å²) in [6.07, 6.45) is 0.272. The molecule has 2 fully saturated rings. The zero-order valence-electron chi connectivity index (χ0n) is 30.8. The van der Waals surface area contributed by atoms with E-state index in [1.54, 1.807) is 33.8 Å². The van der Waals surface area contributed by atoms with Crippen LogP contribution in [0.1, 0.15) is 113 Å². The molecule has 1 saturated carbocycles. The summed E-state index contributed by atoms with van der Waals surface area (Å²) < 4.78 is 29.3. The van der Waals surface area contributed by atoms with Crippen LogP contribution in [0.15, 0.2) is 22.8 Å². The van der Waals surface area contributed by atoms with E-state index in [2.05, 4.69) is 6.92 Å². The van der Waals surface area contributed by atoms with Crippen LogP contribution in [0.2, 0.25) is 0 Å². The molecule has 14 nitrogen and oxygen atoms in total. The third kappa shape index (κ3) is 10.8. The van der Waals surface area contributed by atoms with Gasteiger partial charge in [0.25, 0.3) is 0 Å². The van der Waals surface area contributed by atoms with Gasteiger partial charge in [-0.25, -0.2) is 9.59 Å². The molecule has 8 atom stereocenters. The molecule has 0 aromatic rings. The molecular weight excluding hydrogens is 894 g/mol. The Labute approximate surface area is 317 Å². The first kappa shape index (κ1) is 48.9. The Morgan fingerprint density at radius 3 is 2.04 bits per heavy atom. The van der Waals surface area contributed by atoms with E-state index in [0.717, 1.165) is 32.6 Å². The number of unbranched alkanes of at least 4 members (excludes halogenated alkanes) is 4. The van der Waals surface area contributed by atoms with Crippen LogP contribution in [-0.4, -0.2) is 81.3 Å². The van der Waals surface area contributed by atoms with Gasteiger partial charge in [0, 0.05) is 31.8 Å². The van der Waals surface area contributed by atoms with Crippen LogP contribution in [0.4, 0.5) is 0 Å². The van der Waals surface area contributed by atoms with E-state index in [1.165, 1.54) is 13.8 Å². The predicted octanol–water partition coefficient (Wildman–Crippen LogP) is 5.63. The van der Waals surface area contributed by atoms with Crippen LogP contribution >= 0.6 is 18.8 Å². The van der Waals surface area contributed by atoms with E-state index in [-0.39, 0.29) is 41.9 Å². The van der Waals surface area contributed by atoms with Crippen molar-refractivity contribution in [3.8, 4) is 0 Å². The maximum atomic E-state index is 13.3. The monoisotopic (exact) mass is 949 g/mol. The van der Waals surface area contributed by atoms with Crippen LogP contribution in [-0.2, 0) is 64.1 Å². The van der Waals surface area contributed by atoms with Crippen LogP contribution in [0, 0.1) is 5.92 Å². The zero-order valence-corrected chi connectivity index (χ0v) is 34.6. The first-order chi connectivity index (χ1) is 22.9. The Balaban J connectivity index is 0.00000482. The van der Waals surface area contributed by atoms with E-state index in [1.807, 2.05) is 0 Å². The Kier molecular flexibility index (Phi) is 20.1. The van der Waals surface area contributed by atoms with Gasteiger partial charge in [0.1, 0.15) is 11.7 Å². The predicted molar refractivity (Wildman–Crippen MR) is 186 cm³/mol. The second-order valence-electron chi connectivity index (χ2n) is 13.1. The summed E-state index contributed by atoms with van der Waals surface area (Å²) in [6, 6.07) is 0. The molecule has 3 aliphatic rings. The Morgan fingerprint density at radius 2 is 1.51 bits per heavy atom. The van der Waals surface area contributed by atoms with Crippen LogP contribution in [0.3, 0.4) is 0 Å². The maximum absolute atomic E-state index is 13.3. The minimum atomic E-state index is -2.57. The van der Waals surface area contributed by atoms with E-state index in [4.69, 9.17) is 42.5 Å². The van der Waals surface area contributed by atoms with Crippen molar-refractivity contribution in [3.63, 3.8) is 0 Å². The Hall–Kier alpha value is -2.06. The van der Waals surface area contributed by atoms with Crippen molar-refractivity contribution >= 4 is 48.7 Å². The number of hydrogen-bond donors (Lipinski definition) is 4. The van der Waals surface area contributed by atoms with E-state index < -0.39 is 99.9 Å². The molecule has 0 amide bonds. The first-order valence-electron chi connectivity index (χ1n) is 16.5. The van der Waals surface area contributed by atoms with Crippen LogP contribution in [0.25, 0.3) is 0 Å². The molecule has 0 radical (unpaired) electrons. The van der Waals surface area contributed by atoms with Gasteiger partial charge in [-0.05, 0) is 58.6 Å². The van der Waals surface area contributed by atoms with Crippen molar-refractivity contribution in [2.75, 3.05) is 0 Å². The second kappa shape index (κ2) is 21.0. The average molecular weight is 951 g/mol. The molecule has 0 aromatic carbocycles. The van der Waals surface area contributed by atoms with Gasteiger partial charge in [-0.3, -0.25) is 14.4 Å². The third-order valence-corrected chi connectivity index (χ3v) is 9.51.